The third kappa shape index (κ3) is 6.79. The number of aliphatic carboxylic acids is 1. The fraction of sp³-hybridized carbons (Fsp3) is 0.571. The van der Waals surface area contributed by atoms with E-state index in [1.54, 1.807) is 0 Å². The number of hydrogen-bond acceptors (Lipinski definition) is 11. The Hall–Kier alpha value is -2.52. The molecule has 158 valence electrons. The standard InChI is InChI=1S/C14H20N8O5S2/c1-5-9(23)16-6(2)10(24)18-8(12(26)27)4-29-14-21-19-13(20-22-14)28-3-7(15)11(25)17-5/h5-8H,3-4,15H2,1-2H3,(H,16,23)(H,17,25)(H,18,24)(H,26,27)/t5-,6-,7-,8-/m0/s1. The molecule has 0 saturated carbocycles. The van der Waals surface area contributed by atoms with Gasteiger partial charge in [-0.15, -0.1) is 20.4 Å². The van der Waals surface area contributed by atoms with E-state index in [2.05, 4.69) is 36.3 Å². The average molecular weight is 444 g/mol. The zero-order chi connectivity index (χ0) is 21.6. The zero-order valence-electron chi connectivity index (χ0n) is 15.5. The first kappa shape index (κ1) is 22.8. The van der Waals surface area contributed by atoms with Crippen molar-refractivity contribution in [1.29, 1.82) is 0 Å². The van der Waals surface area contributed by atoms with Gasteiger partial charge in [-0.25, -0.2) is 4.79 Å². The van der Waals surface area contributed by atoms with E-state index in [0.717, 1.165) is 23.5 Å². The Kier molecular flexibility index (Phi) is 8.10. The highest BCUT2D eigenvalue weighted by Gasteiger charge is 2.27. The summed E-state index contributed by atoms with van der Waals surface area (Å²) in [6.07, 6.45) is 0. The third-order valence-corrected chi connectivity index (χ3v) is 5.54. The molecule has 0 aromatic carbocycles. The zero-order valence-corrected chi connectivity index (χ0v) is 17.1. The number of nitrogens with two attached hydrogens (primary N) is 1. The number of fused-ring (bicyclic) bond motifs is 15. The maximum absolute atomic E-state index is 12.2. The van der Waals surface area contributed by atoms with Gasteiger partial charge in [0.05, 0.1) is 6.04 Å². The summed E-state index contributed by atoms with van der Waals surface area (Å²) in [5.41, 5.74) is 5.81. The Morgan fingerprint density at radius 1 is 0.897 bits per heavy atom. The lowest BCUT2D eigenvalue weighted by Gasteiger charge is -2.21. The molecular weight excluding hydrogens is 424 g/mol. The van der Waals surface area contributed by atoms with Crippen LogP contribution in [0.4, 0.5) is 0 Å². The van der Waals surface area contributed by atoms with Crippen LogP contribution < -0.4 is 21.7 Å². The molecule has 2 aliphatic rings. The molecule has 1 aromatic heterocycles. The number of thioether (sulfide) groups is 2. The molecule has 6 N–H and O–H groups in total. The van der Waals surface area contributed by atoms with Crippen molar-refractivity contribution in [3.05, 3.63) is 0 Å². The van der Waals surface area contributed by atoms with Crippen LogP contribution in [0.5, 0.6) is 0 Å². The molecule has 3 heterocycles. The number of hydrogen-bond donors (Lipinski definition) is 5. The SMILES string of the molecule is C[C@@H]1NC(=O)[C@H](C)NC(=O)[C@@H](N)CSc2nnc(nn2)SC[C@@H](C(=O)O)NC1=O. The van der Waals surface area contributed by atoms with Crippen molar-refractivity contribution in [3.8, 4) is 0 Å². The van der Waals surface area contributed by atoms with E-state index in [4.69, 9.17) is 5.73 Å². The van der Waals surface area contributed by atoms with Gasteiger partial charge >= 0.3 is 5.97 Å². The smallest absolute Gasteiger partial charge is 0.327 e. The predicted molar refractivity (Wildman–Crippen MR) is 102 cm³/mol. The van der Waals surface area contributed by atoms with Crippen molar-refractivity contribution in [3.63, 3.8) is 0 Å². The van der Waals surface area contributed by atoms with E-state index in [9.17, 15) is 24.3 Å². The molecule has 2 aliphatic heterocycles. The van der Waals surface area contributed by atoms with E-state index in [1.165, 1.54) is 13.8 Å². The molecule has 2 bridgehead atoms. The molecule has 0 saturated heterocycles. The highest BCUT2D eigenvalue weighted by atomic mass is 32.2. The Bertz CT molecular complexity index is 780. The van der Waals surface area contributed by atoms with Crippen molar-refractivity contribution in [2.45, 2.75) is 48.3 Å². The molecule has 4 atom stereocenters. The largest absolute Gasteiger partial charge is 0.480 e. The Morgan fingerprint density at radius 2 is 1.34 bits per heavy atom. The molecule has 29 heavy (non-hydrogen) atoms. The lowest BCUT2D eigenvalue weighted by Crippen LogP contribution is -2.56. The van der Waals surface area contributed by atoms with Crippen LogP contribution in [0.3, 0.4) is 0 Å². The first-order valence-electron chi connectivity index (χ1n) is 8.40. The van der Waals surface area contributed by atoms with Crippen LogP contribution in [0.1, 0.15) is 13.8 Å². The molecular formula is C14H20N8O5S2. The van der Waals surface area contributed by atoms with Crippen molar-refractivity contribution < 1.29 is 24.3 Å². The van der Waals surface area contributed by atoms with Gasteiger partial charge in [0.2, 0.25) is 28.0 Å². The average Bonchev–Trinajstić information content (AvgIpc) is 2.68. The highest BCUT2D eigenvalue weighted by Crippen LogP contribution is 2.15. The number of nitrogens with one attached hydrogen (secondary N) is 3. The van der Waals surface area contributed by atoms with Crippen LogP contribution >= 0.6 is 23.5 Å². The molecule has 1 aromatic rings. The van der Waals surface area contributed by atoms with Gasteiger partial charge in [0.25, 0.3) is 0 Å². The minimum absolute atomic E-state index is 0.0745. The van der Waals surface area contributed by atoms with Crippen LogP contribution in [0.2, 0.25) is 0 Å². The Morgan fingerprint density at radius 3 is 1.86 bits per heavy atom. The minimum Gasteiger partial charge on any atom is -0.480 e. The van der Waals surface area contributed by atoms with E-state index in [-0.39, 0.29) is 21.8 Å². The van der Waals surface area contributed by atoms with E-state index < -0.39 is 47.9 Å². The number of carboxylic acid groups (broad SMARTS) is 1. The summed E-state index contributed by atoms with van der Waals surface area (Å²) in [4.78, 5) is 48.0. The summed E-state index contributed by atoms with van der Waals surface area (Å²) < 4.78 is 0. The number of carbonyl (C=O) groups is 4. The van der Waals surface area contributed by atoms with Gasteiger partial charge < -0.3 is 26.8 Å². The molecule has 3 rings (SSSR count). The number of carboxylic acids is 1. The van der Waals surface area contributed by atoms with Gasteiger partial charge in [0.1, 0.15) is 18.1 Å². The fourth-order valence-corrected chi connectivity index (χ4v) is 3.40. The maximum atomic E-state index is 12.2. The number of rotatable bonds is 1. The first-order valence-corrected chi connectivity index (χ1v) is 10.4. The van der Waals surface area contributed by atoms with Gasteiger partial charge in [-0.2, -0.15) is 0 Å². The molecule has 0 unspecified atom stereocenters. The second-order valence-corrected chi connectivity index (χ2v) is 8.03. The van der Waals surface area contributed by atoms with Crippen LogP contribution in [0.15, 0.2) is 10.3 Å². The van der Waals surface area contributed by atoms with E-state index in [0.29, 0.717) is 0 Å². The molecule has 0 fully saturated rings. The van der Waals surface area contributed by atoms with Gasteiger partial charge in [-0.1, -0.05) is 23.5 Å². The molecule has 0 aliphatic carbocycles. The van der Waals surface area contributed by atoms with Gasteiger partial charge in [0.15, 0.2) is 0 Å². The summed E-state index contributed by atoms with van der Waals surface area (Å²) in [6, 6.07) is -4.18. The predicted octanol–water partition coefficient (Wildman–Crippen LogP) is -2.63. The van der Waals surface area contributed by atoms with E-state index in [1.807, 2.05) is 0 Å². The Balaban J connectivity index is 2.21. The second-order valence-electron chi connectivity index (χ2n) is 6.05. The third-order valence-electron chi connectivity index (χ3n) is 3.67. The van der Waals surface area contributed by atoms with Crippen LogP contribution in [0, 0.1) is 0 Å². The van der Waals surface area contributed by atoms with Gasteiger partial charge in [-0.05, 0) is 13.8 Å². The van der Waals surface area contributed by atoms with Crippen LogP contribution in [-0.2, 0) is 19.2 Å². The molecule has 0 radical (unpaired) electrons. The lowest BCUT2D eigenvalue weighted by atomic mass is 10.2. The fourth-order valence-electron chi connectivity index (χ4n) is 1.99. The normalized spacial score (nSPS) is 27.2. The lowest BCUT2D eigenvalue weighted by molar-refractivity contribution is -0.141. The molecule has 13 nitrogen and oxygen atoms in total. The first-order chi connectivity index (χ1) is 13.7. The van der Waals surface area contributed by atoms with Crippen molar-refractivity contribution >= 4 is 47.2 Å². The van der Waals surface area contributed by atoms with Crippen LogP contribution in [0.25, 0.3) is 0 Å². The maximum Gasteiger partial charge on any atom is 0.327 e. The topological polar surface area (TPSA) is 202 Å². The van der Waals surface area contributed by atoms with Gasteiger partial charge in [-0.3, -0.25) is 14.4 Å². The summed E-state index contributed by atoms with van der Waals surface area (Å²) in [6.45, 7) is 2.83. The van der Waals surface area contributed by atoms with E-state index >= 15 is 0 Å². The highest BCUT2D eigenvalue weighted by molar-refractivity contribution is 7.99. The van der Waals surface area contributed by atoms with Crippen molar-refractivity contribution in [2.75, 3.05) is 11.5 Å². The van der Waals surface area contributed by atoms with Gasteiger partial charge in [0, 0.05) is 11.5 Å². The summed E-state index contributed by atoms with van der Waals surface area (Å²) >= 11 is 2.00. The van der Waals surface area contributed by atoms with Crippen LogP contribution in [-0.4, -0.2) is 84.9 Å². The van der Waals surface area contributed by atoms with Crippen molar-refractivity contribution in [2.24, 2.45) is 5.73 Å². The van der Waals surface area contributed by atoms with Crippen molar-refractivity contribution in [1.82, 2.24) is 36.3 Å². The molecule has 3 amide bonds. The molecule has 0 spiro atoms. The second kappa shape index (κ2) is 10.3. The number of nitrogens with zero attached hydrogens (tertiary/aromatic N) is 4. The number of aromatic nitrogens is 4. The molecule has 15 heteroatoms. The summed E-state index contributed by atoms with van der Waals surface area (Å²) in [5, 5.41) is 32.2. The Labute approximate surface area is 173 Å². The monoisotopic (exact) mass is 444 g/mol. The summed E-state index contributed by atoms with van der Waals surface area (Å²) in [5.74, 6) is -3.11. The number of amides is 3. The summed E-state index contributed by atoms with van der Waals surface area (Å²) in [7, 11) is 0. The minimum atomic E-state index is -1.26. The quantitative estimate of drug-likeness (QED) is 0.282. The number of carbonyl (C=O) groups excluding carboxylic acids is 3.